The first kappa shape index (κ1) is 10.5. The van der Waals surface area contributed by atoms with Crippen LogP contribution in [0, 0.1) is 0 Å². The third-order valence-corrected chi connectivity index (χ3v) is 3.26. The van der Waals surface area contributed by atoms with Crippen LogP contribution in [0.25, 0.3) is 11.5 Å². The molecule has 1 aromatic heterocycles. The van der Waals surface area contributed by atoms with E-state index in [0.717, 1.165) is 23.7 Å². The van der Waals surface area contributed by atoms with Gasteiger partial charge >= 0.3 is 0 Å². The number of fused-ring (bicyclic) bond motifs is 1. The summed E-state index contributed by atoms with van der Waals surface area (Å²) in [6.07, 6.45) is 5.40. The summed E-state index contributed by atoms with van der Waals surface area (Å²) in [5, 5.41) is 3.07. The Labute approximate surface area is 101 Å². The summed E-state index contributed by atoms with van der Waals surface area (Å²) in [5.74, 6) is 0.727. The molecule has 0 saturated carbocycles. The van der Waals surface area contributed by atoms with E-state index in [1.165, 1.54) is 30.4 Å². The molecule has 3 heteroatoms. The van der Waals surface area contributed by atoms with E-state index in [-0.39, 0.29) is 0 Å². The summed E-state index contributed by atoms with van der Waals surface area (Å²) < 4.78 is 5.51. The third-order valence-electron chi connectivity index (χ3n) is 3.26. The van der Waals surface area contributed by atoms with Gasteiger partial charge in [0, 0.05) is 12.1 Å². The quantitative estimate of drug-likeness (QED) is 0.877. The summed E-state index contributed by atoms with van der Waals surface area (Å²) in [6.45, 7) is 0.744. The Balaban J connectivity index is 1.92. The molecule has 0 amide bonds. The highest BCUT2D eigenvalue weighted by atomic mass is 16.3. The number of oxazole rings is 1. The van der Waals surface area contributed by atoms with E-state index < -0.39 is 0 Å². The van der Waals surface area contributed by atoms with Crippen molar-refractivity contribution in [2.24, 2.45) is 0 Å². The Bertz CT molecular complexity index is 531. The number of nitrogens with zero attached hydrogens (tertiary/aromatic N) is 1. The van der Waals surface area contributed by atoms with Crippen molar-refractivity contribution in [2.75, 3.05) is 7.05 Å². The average Bonchev–Trinajstić information content (AvgIpc) is 2.96. The van der Waals surface area contributed by atoms with Gasteiger partial charge in [-0.2, -0.15) is 0 Å². The molecule has 17 heavy (non-hydrogen) atoms. The van der Waals surface area contributed by atoms with Crippen molar-refractivity contribution < 1.29 is 4.42 Å². The normalized spacial score (nSPS) is 13.9. The maximum absolute atomic E-state index is 5.51. The third kappa shape index (κ3) is 1.98. The SMILES string of the molecule is CNCc1coc(-c2ccc3c(c2)CCC3)n1. The van der Waals surface area contributed by atoms with Crippen LogP contribution in [0.2, 0.25) is 0 Å². The van der Waals surface area contributed by atoms with E-state index in [1.54, 1.807) is 6.26 Å². The highest BCUT2D eigenvalue weighted by molar-refractivity contribution is 5.56. The largest absolute Gasteiger partial charge is 0.444 e. The van der Waals surface area contributed by atoms with E-state index in [2.05, 4.69) is 28.5 Å². The maximum atomic E-state index is 5.51. The number of hydrogen-bond donors (Lipinski definition) is 1. The molecule has 88 valence electrons. The highest BCUT2D eigenvalue weighted by Gasteiger charge is 2.13. The van der Waals surface area contributed by atoms with Crippen molar-refractivity contribution in [3.8, 4) is 11.5 Å². The minimum absolute atomic E-state index is 0.727. The van der Waals surface area contributed by atoms with Gasteiger partial charge in [0.05, 0.1) is 5.69 Å². The van der Waals surface area contributed by atoms with Crippen LogP contribution in [-0.4, -0.2) is 12.0 Å². The molecule has 0 saturated heterocycles. The van der Waals surface area contributed by atoms with E-state index in [9.17, 15) is 0 Å². The summed E-state index contributed by atoms with van der Waals surface area (Å²) in [6, 6.07) is 6.54. The first-order valence-electron chi connectivity index (χ1n) is 6.08. The summed E-state index contributed by atoms with van der Waals surface area (Å²) in [4.78, 5) is 4.47. The number of aromatic nitrogens is 1. The minimum atomic E-state index is 0.727. The zero-order valence-electron chi connectivity index (χ0n) is 9.99. The molecule has 0 unspecified atom stereocenters. The van der Waals surface area contributed by atoms with Crippen LogP contribution in [0.15, 0.2) is 28.9 Å². The molecule has 3 nitrogen and oxygen atoms in total. The van der Waals surface area contributed by atoms with E-state index in [4.69, 9.17) is 4.42 Å². The standard InChI is InChI=1S/C14H16N2O/c1-15-8-13-9-17-14(16-13)12-6-5-10-3-2-4-11(10)7-12/h5-7,9,15H,2-4,8H2,1H3. The molecule has 2 aromatic rings. The first-order valence-corrected chi connectivity index (χ1v) is 6.08. The molecule has 0 spiro atoms. The van der Waals surface area contributed by atoms with Gasteiger partial charge in [-0.3, -0.25) is 0 Å². The molecule has 0 bridgehead atoms. The second-order valence-corrected chi connectivity index (χ2v) is 4.51. The molecular weight excluding hydrogens is 212 g/mol. The molecule has 1 aliphatic carbocycles. The van der Waals surface area contributed by atoms with Crippen LogP contribution < -0.4 is 5.32 Å². The summed E-state index contributed by atoms with van der Waals surface area (Å²) >= 11 is 0. The van der Waals surface area contributed by atoms with Crippen LogP contribution in [0.1, 0.15) is 23.2 Å². The molecule has 1 aliphatic rings. The lowest BCUT2D eigenvalue weighted by Crippen LogP contribution is -2.04. The van der Waals surface area contributed by atoms with Gasteiger partial charge < -0.3 is 9.73 Å². The van der Waals surface area contributed by atoms with Gasteiger partial charge in [-0.1, -0.05) is 6.07 Å². The van der Waals surface area contributed by atoms with Crippen molar-refractivity contribution in [2.45, 2.75) is 25.8 Å². The van der Waals surface area contributed by atoms with Crippen molar-refractivity contribution in [1.29, 1.82) is 0 Å². The van der Waals surface area contributed by atoms with Gasteiger partial charge in [0.1, 0.15) is 6.26 Å². The summed E-state index contributed by atoms with van der Waals surface area (Å²) in [7, 11) is 1.91. The molecule has 0 atom stereocenters. The molecule has 0 radical (unpaired) electrons. The number of benzene rings is 1. The highest BCUT2D eigenvalue weighted by Crippen LogP contribution is 2.27. The van der Waals surface area contributed by atoms with Crippen molar-refractivity contribution in [3.63, 3.8) is 0 Å². The van der Waals surface area contributed by atoms with Crippen molar-refractivity contribution in [3.05, 3.63) is 41.3 Å². The topological polar surface area (TPSA) is 38.1 Å². The average molecular weight is 228 g/mol. The van der Waals surface area contributed by atoms with Gasteiger partial charge in [-0.15, -0.1) is 0 Å². The van der Waals surface area contributed by atoms with Gasteiger partial charge in [0.25, 0.3) is 0 Å². The van der Waals surface area contributed by atoms with Gasteiger partial charge in [0.15, 0.2) is 0 Å². The van der Waals surface area contributed by atoms with Crippen molar-refractivity contribution >= 4 is 0 Å². The Morgan fingerprint density at radius 1 is 1.29 bits per heavy atom. The molecule has 1 N–H and O–H groups in total. The maximum Gasteiger partial charge on any atom is 0.226 e. The number of hydrogen-bond acceptors (Lipinski definition) is 3. The Kier molecular flexibility index (Phi) is 2.69. The molecule has 1 heterocycles. The zero-order chi connectivity index (χ0) is 11.7. The van der Waals surface area contributed by atoms with Crippen LogP contribution >= 0.6 is 0 Å². The minimum Gasteiger partial charge on any atom is -0.444 e. The number of rotatable bonds is 3. The molecule has 1 aromatic carbocycles. The second kappa shape index (κ2) is 4.34. The van der Waals surface area contributed by atoms with Gasteiger partial charge in [-0.25, -0.2) is 4.98 Å². The van der Waals surface area contributed by atoms with Crippen LogP contribution in [0.4, 0.5) is 0 Å². The van der Waals surface area contributed by atoms with Crippen LogP contribution in [-0.2, 0) is 19.4 Å². The zero-order valence-corrected chi connectivity index (χ0v) is 9.99. The lowest BCUT2D eigenvalue weighted by atomic mass is 10.1. The van der Waals surface area contributed by atoms with Crippen molar-refractivity contribution in [1.82, 2.24) is 10.3 Å². The van der Waals surface area contributed by atoms with E-state index in [0.29, 0.717) is 0 Å². The lowest BCUT2D eigenvalue weighted by Gasteiger charge is -2.01. The smallest absolute Gasteiger partial charge is 0.226 e. The predicted molar refractivity (Wildman–Crippen MR) is 66.7 cm³/mol. The van der Waals surface area contributed by atoms with Gasteiger partial charge in [0.2, 0.25) is 5.89 Å². The monoisotopic (exact) mass is 228 g/mol. The molecule has 0 fully saturated rings. The van der Waals surface area contributed by atoms with Crippen LogP contribution in [0.5, 0.6) is 0 Å². The fourth-order valence-electron chi connectivity index (χ4n) is 2.41. The Morgan fingerprint density at radius 2 is 2.18 bits per heavy atom. The number of aryl methyl sites for hydroxylation is 2. The summed E-state index contributed by atoms with van der Waals surface area (Å²) in [5.41, 5.74) is 4.97. The Morgan fingerprint density at radius 3 is 3.06 bits per heavy atom. The number of nitrogens with one attached hydrogen (secondary N) is 1. The molecule has 0 aliphatic heterocycles. The van der Waals surface area contributed by atoms with E-state index >= 15 is 0 Å². The Hall–Kier alpha value is -1.61. The predicted octanol–water partition coefficient (Wildman–Crippen LogP) is 2.55. The van der Waals surface area contributed by atoms with Gasteiger partial charge in [-0.05, 0) is 49.6 Å². The first-order chi connectivity index (χ1) is 8.36. The second-order valence-electron chi connectivity index (χ2n) is 4.51. The van der Waals surface area contributed by atoms with E-state index in [1.807, 2.05) is 7.05 Å². The molecule has 3 rings (SSSR count). The fourth-order valence-corrected chi connectivity index (χ4v) is 2.41. The van der Waals surface area contributed by atoms with Crippen LogP contribution in [0.3, 0.4) is 0 Å². The molecular formula is C14H16N2O. The fraction of sp³-hybridized carbons (Fsp3) is 0.357. The lowest BCUT2D eigenvalue weighted by molar-refractivity contribution is 0.571.